The zero-order valence-electron chi connectivity index (χ0n) is 13.0. The van der Waals surface area contributed by atoms with E-state index in [2.05, 4.69) is 32.9 Å². The Balaban J connectivity index is 1.53. The SMILES string of the molecule is O=C(Nc1nc(CSCc2ccc(F)cc2)cs1)c1ccccc1I. The molecule has 128 valence electrons. The molecule has 2 aromatic carbocycles. The summed E-state index contributed by atoms with van der Waals surface area (Å²) in [5, 5.41) is 5.39. The second kappa shape index (κ2) is 8.77. The van der Waals surface area contributed by atoms with Crippen molar-refractivity contribution in [3.05, 3.63) is 80.1 Å². The van der Waals surface area contributed by atoms with Gasteiger partial charge in [-0.15, -0.1) is 11.3 Å². The molecule has 3 aromatic rings. The van der Waals surface area contributed by atoms with Gasteiger partial charge in [0.1, 0.15) is 5.82 Å². The molecule has 1 amide bonds. The third-order valence-electron chi connectivity index (χ3n) is 3.32. The Bertz CT molecular complexity index is 868. The molecule has 0 aliphatic rings. The van der Waals surface area contributed by atoms with E-state index in [1.807, 2.05) is 23.6 Å². The van der Waals surface area contributed by atoms with Crippen molar-refractivity contribution in [2.75, 3.05) is 5.32 Å². The molecule has 0 saturated heterocycles. The van der Waals surface area contributed by atoms with Crippen LogP contribution in [0.2, 0.25) is 0 Å². The van der Waals surface area contributed by atoms with E-state index >= 15 is 0 Å². The van der Waals surface area contributed by atoms with Crippen LogP contribution in [-0.2, 0) is 11.5 Å². The van der Waals surface area contributed by atoms with Crippen LogP contribution in [-0.4, -0.2) is 10.9 Å². The van der Waals surface area contributed by atoms with Crippen LogP contribution in [0.4, 0.5) is 9.52 Å². The minimum absolute atomic E-state index is 0.148. The van der Waals surface area contributed by atoms with Gasteiger partial charge in [0, 0.05) is 20.5 Å². The highest BCUT2D eigenvalue weighted by Gasteiger charge is 2.11. The lowest BCUT2D eigenvalue weighted by Crippen LogP contribution is -2.13. The average Bonchev–Trinajstić information content (AvgIpc) is 3.04. The first kappa shape index (κ1) is 18.3. The fourth-order valence-electron chi connectivity index (χ4n) is 2.09. The lowest BCUT2D eigenvalue weighted by atomic mass is 10.2. The summed E-state index contributed by atoms with van der Waals surface area (Å²) in [5.74, 6) is 1.17. The minimum Gasteiger partial charge on any atom is -0.298 e. The Morgan fingerprint density at radius 1 is 1.16 bits per heavy atom. The number of thiazole rings is 1. The quantitative estimate of drug-likeness (QED) is 0.465. The van der Waals surface area contributed by atoms with Gasteiger partial charge in [-0.25, -0.2) is 9.37 Å². The maximum atomic E-state index is 12.9. The maximum absolute atomic E-state index is 12.9. The molecular weight excluding hydrogens is 470 g/mol. The minimum atomic E-state index is -0.221. The highest BCUT2D eigenvalue weighted by atomic mass is 127. The van der Waals surface area contributed by atoms with Gasteiger partial charge in [0.25, 0.3) is 5.91 Å². The Morgan fingerprint density at radius 2 is 1.92 bits per heavy atom. The maximum Gasteiger partial charge on any atom is 0.258 e. The van der Waals surface area contributed by atoms with Gasteiger partial charge >= 0.3 is 0 Å². The topological polar surface area (TPSA) is 42.0 Å². The van der Waals surface area contributed by atoms with Crippen LogP contribution >= 0.6 is 45.7 Å². The Kier molecular flexibility index (Phi) is 6.44. The van der Waals surface area contributed by atoms with Crippen molar-refractivity contribution >= 4 is 56.7 Å². The number of anilines is 1. The standard InChI is InChI=1S/C18H14FIN2OS2/c19-13-7-5-12(6-8-13)9-24-10-14-11-25-18(21-14)22-17(23)15-3-1-2-4-16(15)20/h1-8,11H,9-10H2,(H,21,22,23). The van der Waals surface area contributed by atoms with Crippen molar-refractivity contribution < 1.29 is 9.18 Å². The van der Waals surface area contributed by atoms with Crippen molar-refractivity contribution in [1.29, 1.82) is 0 Å². The van der Waals surface area contributed by atoms with Gasteiger partial charge in [-0.1, -0.05) is 24.3 Å². The summed E-state index contributed by atoms with van der Waals surface area (Å²) in [4.78, 5) is 16.7. The summed E-state index contributed by atoms with van der Waals surface area (Å²) >= 11 is 5.27. The fraction of sp³-hybridized carbons (Fsp3) is 0.111. The molecule has 0 radical (unpaired) electrons. The molecule has 1 heterocycles. The van der Waals surface area contributed by atoms with Crippen molar-refractivity contribution in [3.63, 3.8) is 0 Å². The average molecular weight is 484 g/mol. The van der Waals surface area contributed by atoms with Crippen LogP contribution in [0.1, 0.15) is 21.6 Å². The summed E-state index contributed by atoms with van der Waals surface area (Å²) in [6, 6.07) is 14.0. The van der Waals surface area contributed by atoms with Crippen LogP contribution in [0.15, 0.2) is 53.9 Å². The van der Waals surface area contributed by atoms with E-state index in [0.717, 1.165) is 26.3 Å². The number of benzene rings is 2. The number of nitrogens with zero attached hydrogens (tertiary/aromatic N) is 1. The Morgan fingerprint density at radius 3 is 2.68 bits per heavy atom. The number of aromatic nitrogens is 1. The van der Waals surface area contributed by atoms with Crippen LogP contribution in [0.25, 0.3) is 0 Å². The Hall–Kier alpha value is -1.45. The smallest absolute Gasteiger partial charge is 0.258 e. The molecule has 1 N–H and O–H groups in total. The van der Waals surface area contributed by atoms with E-state index in [-0.39, 0.29) is 11.7 Å². The largest absolute Gasteiger partial charge is 0.298 e. The van der Waals surface area contributed by atoms with Crippen molar-refractivity contribution in [2.45, 2.75) is 11.5 Å². The van der Waals surface area contributed by atoms with E-state index in [9.17, 15) is 9.18 Å². The Labute approximate surface area is 167 Å². The van der Waals surface area contributed by atoms with Crippen LogP contribution in [0.5, 0.6) is 0 Å². The highest BCUT2D eigenvalue weighted by molar-refractivity contribution is 14.1. The molecule has 3 nitrogen and oxygen atoms in total. The van der Waals surface area contributed by atoms with Gasteiger partial charge in [0.2, 0.25) is 0 Å². The highest BCUT2D eigenvalue weighted by Crippen LogP contribution is 2.23. The zero-order valence-corrected chi connectivity index (χ0v) is 16.8. The lowest BCUT2D eigenvalue weighted by molar-refractivity contribution is 0.102. The predicted molar refractivity (Wildman–Crippen MR) is 111 cm³/mol. The van der Waals surface area contributed by atoms with E-state index < -0.39 is 0 Å². The van der Waals surface area contributed by atoms with Gasteiger partial charge in [0.05, 0.1) is 11.3 Å². The van der Waals surface area contributed by atoms with E-state index in [1.165, 1.54) is 23.5 Å². The van der Waals surface area contributed by atoms with Gasteiger partial charge in [-0.05, 0) is 52.4 Å². The zero-order chi connectivity index (χ0) is 17.6. The summed E-state index contributed by atoms with van der Waals surface area (Å²) in [6.45, 7) is 0. The van der Waals surface area contributed by atoms with Crippen molar-refractivity contribution in [3.8, 4) is 0 Å². The van der Waals surface area contributed by atoms with Crippen LogP contribution in [0.3, 0.4) is 0 Å². The van der Waals surface area contributed by atoms with E-state index in [4.69, 9.17) is 0 Å². The first-order valence-electron chi connectivity index (χ1n) is 7.44. The van der Waals surface area contributed by atoms with Crippen LogP contribution < -0.4 is 5.32 Å². The third kappa shape index (κ3) is 5.26. The number of nitrogens with one attached hydrogen (secondary N) is 1. The van der Waals surface area contributed by atoms with Gasteiger partial charge in [0.15, 0.2) is 5.13 Å². The van der Waals surface area contributed by atoms with E-state index in [0.29, 0.717) is 10.7 Å². The van der Waals surface area contributed by atoms with Gasteiger partial charge < -0.3 is 0 Å². The molecule has 0 aliphatic heterocycles. The molecule has 0 unspecified atom stereocenters. The van der Waals surface area contributed by atoms with Gasteiger partial charge in [-0.2, -0.15) is 11.8 Å². The number of thioether (sulfide) groups is 1. The molecule has 0 bridgehead atoms. The number of carbonyl (C=O) groups is 1. The number of halogens is 2. The molecule has 0 saturated carbocycles. The number of hydrogen-bond donors (Lipinski definition) is 1. The molecular formula is C18H14FIN2OS2. The fourth-order valence-corrected chi connectivity index (χ4v) is 4.42. The predicted octanol–water partition coefficient (Wildman–Crippen LogP) is 5.57. The monoisotopic (exact) mass is 484 g/mol. The third-order valence-corrected chi connectivity index (χ3v) is 6.11. The molecule has 0 spiro atoms. The number of hydrogen-bond acceptors (Lipinski definition) is 4. The molecule has 0 aliphatic carbocycles. The molecule has 1 aromatic heterocycles. The first-order chi connectivity index (χ1) is 12.1. The molecule has 7 heteroatoms. The first-order valence-corrected chi connectivity index (χ1v) is 10.6. The normalized spacial score (nSPS) is 10.6. The molecule has 0 fully saturated rings. The molecule has 3 rings (SSSR count). The van der Waals surface area contributed by atoms with Gasteiger partial charge in [-0.3, -0.25) is 10.1 Å². The second-order valence-corrected chi connectivity index (χ2v) is 8.20. The van der Waals surface area contributed by atoms with Crippen molar-refractivity contribution in [2.24, 2.45) is 0 Å². The second-order valence-electron chi connectivity index (χ2n) is 5.20. The molecule has 0 atom stereocenters. The van der Waals surface area contributed by atoms with E-state index in [1.54, 1.807) is 30.0 Å². The summed E-state index contributed by atoms with van der Waals surface area (Å²) in [6.07, 6.45) is 0. The summed E-state index contributed by atoms with van der Waals surface area (Å²) in [5.41, 5.74) is 2.65. The van der Waals surface area contributed by atoms with Crippen LogP contribution in [0, 0.1) is 9.39 Å². The number of amides is 1. The summed E-state index contributed by atoms with van der Waals surface area (Å²) < 4.78 is 13.8. The lowest BCUT2D eigenvalue weighted by Gasteiger charge is -2.03. The summed E-state index contributed by atoms with van der Waals surface area (Å²) in [7, 11) is 0. The number of carbonyl (C=O) groups excluding carboxylic acids is 1. The molecule has 25 heavy (non-hydrogen) atoms. The van der Waals surface area contributed by atoms with Crippen molar-refractivity contribution in [1.82, 2.24) is 4.98 Å². The number of rotatable bonds is 6.